The number of aldehydes is 1. The fraction of sp³-hybridized carbons (Fsp3) is 0.396. The van der Waals surface area contributed by atoms with E-state index in [1.807, 2.05) is 0 Å². The Morgan fingerprint density at radius 3 is 1.10 bits per heavy atom. The van der Waals surface area contributed by atoms with Gasteiger partial charge in [0.2, 0.25) is 23.0 Å². The maximum absolute atomic E-state index is 11.8. The number of halogens is 2. The summed E-state index contributed by atoms with van der Waals surface area (Å²) in [4.78, 5) is 96.8. The van der Waals surface area contributed by atoms with Crippen molar-refractivity contribution in [2.45, 2.75) is 64.9 Å². The van der Waals surface area contributed by atoms with Crippen molar-refractivity contribution in [3.63, 3.8) is 0 Å². The number of rotatable bonds is 20. The van der Waals surface area contributed by atoms with E-state index in [0.29, 0.717) is 42.3 Å². The quantitative estimate of drug-likeness (QED) is 0.0391. The second-order valence-electron chi connectivity index (χ2n) is 15.0. The predicted molar refractivity (Wildman–Crippen MR) is 252 cm³/mol. The Labute approximate surface area is 455 Å². The summed E-state index contributed by atoms with van der Waals surface area (Å²) in [5, 5.41) is 42.0. The van der Waals surface area contributed by atoms with E-state index >= 15 is 0 Å². The molecule has 31 nitrogen and oxygen atoms in total. The zero-order chi connectivity index (χ0) is 59.7. The molecule has 4 aliphatic rings. The lowest BCUT2D eigenvalue weighted by atomic mass is 10.4. The van der Waals surface area contributed by atoms with Gasteiger partial charge in [0.05, 0.1) is 20.4 Å². The summed E-state index contributed by atoms with van der Waals surface area (Å²) < 4.78 is 105. The van der Waals surface area contributed by atoms with Crippen LogP contribution in [-0.4, -0.2) is 166 Å². The van der Waals surface area contributed by atoms with Crippen molar-refractivity contribution in [3.05, 3.63) is 118 Å². The van der Waals surface area contributed by atoms with Crippen molar-refractivity contribution in [2.75, 3.05) is 60.0 Å². The highest BCUT2D eigenvalue weighted by atomic mass is 19.1. The zero-order valence-electron chi connectivity index (χ0n) is 42.5. The molecular weight excluding hydrogens is 1110 g/mol. The number of ether oxygens (including phenoxy) is 12. The van der Waals surface area contributed by atoms with Crippen LogP contribution in [-0.2, 0) is 89.9 Å². The molecule has 5 N–H and O–H groups in total. The smallest absolute Gasteiger partial charge is 0.475 e. The van der Waals surface area contributed by atoms with E-state index in [1.54, 1.807) is 30.3 Å². The summed E-state index contributed by atoms with van der Waals surface area (Å²) in [7, 11) is 0.500. The van der Waals surface area contributed by atoms with Gasteiger partial charge in [-0.1, -0.05) is 7.43 Å². The van der Waals surface area contributed by atoms with E-state index in [0.717, 1.165) is 12.1 Å². The number of aromatic carboxylic acids is 2. The fourth-order valence-corrected chi connectivity index (χ4v) is 5.69. The molecule has 0 saturated carbocycles. The third kappa shape index (κ3) is 24.1. The summed E-state index contributed by atoms with van der Waals surface area (Å²) in [6.07, 6.45) is -4.54. The van der Waals surface area contributed by atoms with Gasteiger partial charge in [0, 0.05) is 0 Å². The van der Waals surface area contributed by atoms with Gasteiger partial charge < -0.3 is 104 Å². The molecule has 0 aliphatic carbocycles. The van der Waals surface area contributed by atoms with Crippen LogP contribution in [0.15, 0.2) is 82.7 Å². The molecule has 5 aromatic rings. The number of aliphatic hydroxyl groups excluding tert-OH is 3. The molecule has 0 radical (unpaired) electrons. The molecule has 81 heavy (non-hydrogen) atoms. The van der Waals surface area contributed by atoms with Crippen LogP contribution in [0.3, 0.4) is 0 Å². The summed E-state index contributed by atoms with van der Waals surface area (Å²) >= 11 is 0. The molecule has 4 saturated heterocycles. The average Bonchev–Trinajstić information content (AvgIpc) is 4.33. The molecule has 4 aliphatic heterocycles. The van der Waals surface area contributed by atoms with E-state index in [4.69, 9.17) is 85.8 Å². The summed E-state index contributed by atoms with van der Waals surface area (Å²) in [5.74, 6) is -2.57. The summed E-state index contributed by atoms with van der Waals surface area (Å²) in [5.41, 5.74) is 0. The van der Waals surface area contributed by atoms with E-state index in [2.05, 4.69) is 24.8 Å². The number of alkyl halides is 1. The number of furan rings is 5. The van der Waals surface area contributed by atoms with Crippen LogP contribution in [0.4, 0.5) is 28.3 Å². The Morgan fingerprint density at radius 2 is 0.815 bits per heavy atom. The minimum Gasteiger partial charge on any atom is -0.475 e. The van der Waals surface area contributed by atoms with Gasteiger partial charge in [-0.25, -0.2) is 38.4 Å². The van der Waals surface area contributed by atoms with Crippen LogP contribution < -0.4 is 0 Å². The number of carbonyl (C=O) groups is 9. The number of cyclic esters (lactones) is 8. The summed E-state index contributed by atoms with van der Waals surface area (Å²) in [6.45, 7) is 0.552. The third-order valence-corrected chi connectivity index (χ3v) is 9.23. The monoisotopic (exact) mass is 1170 g/mol. The highest BCUT2D eigenvalue weighted by Gasteiger charge is 2.30. The SMILES string of the molecule is C.CF.O=C(O)c1ccc(C(=O)O)o1.O=C1OCC(COC(=O)c2ccc(C(=O)OCC3COC(=O)O3)o2)O1.O=C1OCC(COCc2ccc(COCC3COC(=O)O3)o2)O1.O=Cc1ccc(CO)o1.OCc1ccc(CO)o1.[2H]F. The molecule has 33 heteroatoms. The minimum atomic E-state index is -1.28. The van der Waals surface area contributed by atoms with Crippen LogP contribution in [0.1, 0.15) is 89.0 Å². The Balaban J connectivity index is 0.000000366. The first kappa shape index (κ1) is 66.0. The van der Waals surface area contributed by atoms with Crippen LogP contribution >= 0.6 is 0 Å². The number of carboxylic acids is 2. The number of carboxylic acid groups (broad SMARTS) is 2. The number of hydrogen-bond donors (Lipinski definition) is 5. The number of esters is 2. The van der Waals surface area contributed by atoms with Gasteiger partial charge in [0.15, 0.2) is 36.5 Å². The van der Waals surface area contributed by atoms with E-state index in [1.165, 1.54) is 18.2 Å². The van der Waals surface area contributed by atoms with Gasteiger partial charge in [-0.2, -0.15) is 0 Å². The molecule has 4 atom stereocenters. The lowest BCUT2D eigenvalue weighted by Crippen LogP contribution is -2.21. The number of aliphatic hydroxyl groups is 3. The number of carbonyl (C=O) groups excluding carboxylic acids is 7. The summed E-state index contributed by atoms with van der Waals surface area (Å²) in [6, 6.07) is 14.5. The molecule has 5 aromatic heterocycles. The predicted octanol–water partition coefficient (Wildman–Crippen LogP) is 4.95. The second-order valence-corrected chi connectivity index (χ2v) is 15.0. The van der Waals surface area contributed by atoms with Gasteiger partial charge in [-0.15, -0.1) is 0 Å². The molecule has 4 fully saturated rings. The standard InChI is InChI=1S/C14H12O11.C14H16O9.C6H4O5.C6H8O3.C6H6O3.CH3F.CH4.FH/c15-11(19-3-7-5-21-13(17)23-7)9-1-2-10(25-9)12(16)20-4-8-6-22-14(18)24-8;15-13-19-7-11(22-13)5-17-3-9-1-2-10(21-9)4-18-6-12-8-20-14(16)23-12;7-5(8)3-1-2-4(11-3)6(9)10;2*7-3-5-1-2-6(4-8)9-5;1-2;;/h1-2,7-8H,3-6H2;1-2,11-12H,3-8H2;1-2H,(H,7,8)(H,9,10);1-2,7-8H,3-4H2;1-3,8H,4H2;1H3;1H4;1H/i/hD. The van der Waals surface area contributed by atoms with Crippen LogP contribution in [0, 0.1) is 0 Å². The van der Waals surface area contributed by atoms with Crippen molar-refractivity contribution in [1.82, 2.24) is 0 Å². The Bertz CT molecular complexity index is 2610. The first-order valence-electron chi connectivity index (χ1n) is 22.8. The minimum absolute atomic E-state index is 0. The maximum Gasteiger partial charge on any atom is 0.508 e. The number of hydrogen-bond acceptors (Lipinski definition) is 29. The topological polar surface area (TPSA) is 431 Å². The molecule has 0 bridgehead atoms. The second kappa shape index (κ2) is 36.0. The highest BCUT2D eigenvalue weighted by Crippen LogP contribution is 2.17. The van der Waals surface area contributed by atoms with Crippen molar-refractivity contribution in [2.24, 2.45) is 0 Å². The Kier molecular flexibility index (Phi) is 29.3. The largest absolute Gasteiger partial charge is 0.508 e. The highest BCUT2D eigenvalue weighted by molar-refractivity contribution is 5.91. The van der Waals surface area contributed by atoms with Gasteiger partial charge >= 0.3 is 48.5 Å². The lowest BCUT2D eigenvalue weighted by Gasteiger charge is -2.07. The maximum atomic E-state index is 11.8. The molecule has 9 rings (SSSR count). The van der Waals surface area contributed by atoms with Crippen molar-refractivity contribution >= 4 is 54.8 Å². The van der Waals surface area contributed by atoms with Crippen molar-refractivity contribution in [3.8, 4) is 0 Å². The molecule has 9 heterocycles. The molecule has 0 aromatic carbocycles. The molecular formula is C48H54F2O31. The lowest BCUT2D eigenvalue weighted by molar-refractivity contribution is 0.0233. The molecule has 0 spiro atoms. The fourth-order valence-electron chi connectivity index (χ4n) is 5.69. The van der Waals surface area contributed by atoms with Gasteiger partial charge in [-0.05, 0) is 60.7 Å². The van der Waals surface area contributed by atoms with E-state index < -0.39 is 60.7 Å². The third-order valence-electron chi connectivity index (χ3n) is 9.23. The first-order valence-corrected chi connectivity index (χ1v) is 22.4. The van der Waals surface area contributed by atoms with Gasteiger partial charge in [0.25, 0.3) is 1.45 Å². The molecule has 4 unspecified atom stereocenters. The normalized spacial score (nSPS) is 16.9. The van der Waals surface area contributed by atoms with Gasteiger partial charge in [0.1, 0.15) is 101 Å². The van der Waals surface area contributed by atoms with E-state index in [-0.39, 0.29) is 134 Å². The first-order chi connectivity index (χ1) is 39.0. The Morgan fingerprint density at radius 1 is 0.506 bits per heavy atom. The molecule has 0 amide bonds. The zero-order valence-corrected chi connectivity index (χ0v) is 41.5. The van der Waals surface area contributed by atoms with Gasteiger partial charge in [-0.3, -0.25) is 13.9 Å². The van der Waals surface area contributed by atoms with Crippen molar-refractivity contribution < 1.29 is 157 Å². The average molecular weight is 1170 g/mol. The van der Waals surface area contributed by atoms with Crippen LogP contribution in [0.25, 0.3) is 0 Å². The van der Waals surface area contributed by atoms with Crippen LogP contribution in [0.5, 0.6) is 0 Å². The molecule has 446 valence electrons. The Hall–Kier alpha value is -9.31. The van der Waals surface area contributed by atoms with Crippen molar-refractivity contribution in [1.29, 1.82) is 1.45 Å². The van der Waals surface area contributed by atoms with Crippen LogP contribution in [0.2, 0.25) is 0 Å². The van der Waals surface area contributed by atoms with E-state index in [9.17, 15) is 47.5 Å².